The number of nitrogens with zero attached hydrogens (tertiary/aromatic N) is 1. The minimum Gasteiger partial charge on any atom is -0.359 e. The van der Waals surface area contributed by atoms with Crippen molar-refractivity contribution in [3.05, 3.63) is 11.4 Å². The molecule has 0 aromatic carbocycles. The van der Waals surface area contributed by atoms with Crippen LogP contribution in [0.4, 0.5) is 5.95 Å². The van der Waals surface area contributed by atoms with Gasteiger partial charge in [-0.25, -0.2) is 4.98 Å². The van der Waals surface area contributed by atoms with E-state index in [0.717, 1.165) is 5.95 Å². The molecular weight excluding hydrogens is 162 g/mol. The summed E-state index contributed by atoms with van der Waals surface area (Å²) in [6.45, 7) is 2.11. The molecule has 2 N–H and O–H groups in total. The van der Waals surface area contributed by atoms with Gasteiger partial charge in [-0.1, -0.05) is 12.8 Å². The second-order valence-corrected chi connectivity index (χ2v) is 3.83. The normalized spacial score (nSPS) is 18.0. The Morgan fingerprint density at radius 2 is 2.08 bits per heavy atom. The molecule has 3 nitrogen and oxygen atoms in total. The largest absolute Gasteiger partial charge is 0.359 e. The Labute approximate surface area is 79.0 Å². The lowest BCUT2D eigenvalue weighted by Gasteiger charge is -2.05. The SMILES string of the molecule is CNc1nc(C2CCCC2)c(C)[nH]1. The average Bonchev–Trinajstić information content (AvgIpc) is 2.72. The number of hydrogen-bond donors (Lipinski definition) is 2. The van der Waals surface area contributed by atoms with Gasteiger partial charge in [-0.2, -0.15) is 0 Å². The van der Waals surface area contributed by atoms with Gasteiger partial charge >= 0.3 is 0 Å². The van der Waals surface area contributed by atoms with Gasteiger partial charge in [-0.15, -0.1) is 0 Å². The molecule has 1 saturated carbocycles. The van der Waals surface area contributed by atoms with Crippen LogP contribution in [0.5, 0.6) is 0 Å². The Hall–Kier alpha value is -0.990. The molecule has 0 radical (unpaired) electrons. The minimum absolute atomic E-state index is 0.707. The maximum absolute atomic E-state index is 4.54. The van der Waals surface area contributed by atoms with Crippen molar-refractivity contribution >= 4 is 5.95 Å². The van der Waals surface area contributed by atoms with Gasteiger partial charge in [-0.3, -0.25) is 0 Å². The fraction of sp³-hybridized carbons (Fsp3) is 0.700. The predicted octanol–water partition coefficient (Wildman–Crippen LogP) is 2.42. The highest BCUT2D eigenvalue weighted by molar-refractivity contribution is 5.31. The smallest absolute Gasteiger partial charge is 0.200 e. The number of rotatable bonds is 2. The molecule has 0 unspecified atom stereocenters. The molecule has 1 aliphatic rings. The van der Waals surface area contributed by atoms with Gasteiger partial charge in [0.1, 0.15) is 0 Å². The van der Waals surface area contributed by atoms with Gasteiger partial charge in [0, 0.05) is 18.7 Å². The van der Waals surface area contributed by atoms with Crippen LogP contribution in [0.2, 0.25) is 0 Å². The minimum atomic E-state index is 0.707. The van der Waals surface area contributed by atoms with Gasteiger partial charge in [0.15, 0.2) is 5.95 Å². The van der Waals surface area contributed by atoms with Crippen LogP contribution in [-0.4, -0.2) is 17.0 Å². The van der Waals surface area contributed by atoms with Crippen molar-refractivity contribution in [2.45, 2.75) is 38.5 Å². The zero-order valence-corrected chi connectivity index (χ0v) is 8.35. The van der Waals surface area contributed by atoms with E-state index in [4.69, 9.17) is 0 Å². The molecule has 0 bridgehead atoms. The van der Waals surface area contributed by atoms with Crippen molar-refractivity contribution in [2.75, 3.05) is 12.4 Å². The van der Waals surface area contributed by atoms with Crippen LogP contribution in [0.25, 0.3) is 0 Å². The second kappa shape index (κ2) is 3.40. The summed E-state index contributed by atoms with van der Waals surface area (Å²) < 4.78 is 0. The molecule has 1 aromatic heterocycles. The number of aromatic amines is 1. The van der Waals surface area contributed by atoms with E-state index < -0.39 is 0 Å². The second-order valence-electron chi connectivity index (χ2n) is 3.83. The van der Waals surface area contributed by atoms with Crippen LogP contribution < -0.4 is 5.32 Å². The molecule has 3 heteroatoms. The fourth-order valence-electron chi connectivity index (χ4n) is 2.19. The van der Waals surface area contributed by atoms with Crippen LogP contribution in [0.1, 0.15) is 43.0 Å². The van der Waals surface area contributed by atoms with E-state index in [0.29, 0.717) is 5.92 Å². The van der Waals surface area contributed by atoms with E-state index >= 15 is 0 Å². The fourth-order valence-corrected chi connectivity index (χ4v) is 2.19. The Morgan fingerprint density at radius 3 is 2.62 bits per heavy atom. The molecule has 13 heavy (non-hydrogen) atoms. The number of nitrogens with one attached hydrogen (secondary N) is 2. The van der Waals surface area contributed by atoms with E-state index in [1.165, 1.54) is 37.1 Å². The number of aryl methyl sites for hydroxylation is 1. The maximum atomic E-state index is 4.54. The number of aromatic nitrogens is 2. The van der Waals surface area contributed by atoms with Crippen LogP contribution in [0.15, 0.2) is 0 Å². The van der Waals surface area contributed by atoms with Crippen molar-refractivity contribution in [3.63, 3.8) is 0 Å². The van der Waals surface area contributed by atoms with Crippen LogP contribution >= 0.6 is 0 Å². The Balaban J connectivity index is 2.22. The summed E-state index contributed by atoms with van der Waals surface area (Å²) >= 11 is 0. The first-order valence-electron chi connectivity index (χ1n) is 5.05. The Morgan fingerprint density at radius 1 is 1.38 bits per heavy atom. The summed E-state index contributed by atoms with van der Waals surface area (Å²) in [5.41, 5.74) is 2.51. The summed E-state index contributed by atoms with van der Waals surface area (Å²) in [6, 6.07) is 0. The molecule has 1 heterocycles. The van der Waals surface area contributed by atoms with E-state index in [1.54, 1.807) is 0 Å². The lowest BCUT2D eigenvalue weighted by atomic mass is 10.0. The van der Waals surface area contributed by atoms with Crippen molar-refractivity contribution in [3.8, 4) is 0 Å². The van der Waals surface area contributed by atoms with Gasteiger partial charge in [-0.05, 0) is 19.8 Å². The van der Waals surface area contributed by atoms with Crippen molar-refractivity contribution < 1.29 is 0 Å². The number of anilines is 1. The van der Waals surface area contributed by atoms with Crippen LogP contribution in [0, 0.1) is 6.92 Å². The summed E-state index contributed by atoms with van der Waals surface area (Å²) in [4.78, 5) is 7.79. The molecule has 1 aliphatic carbocycles. The first-order valence-corrected chi connectivity index (χ1v) is 5.05. The lowest BCUT2D eigenvalue weighted by Crippen LogP contribution is -1.95. The summed E-state index contributed by atoms with van der Waals surface area (Å²) in [5, 5.41) is 3.04. The molecule has 0 spiro atoms. The lowest BCUT2D eigenvalue weighted by molar-refractivity contribution is 0.697. The highest BCUT2D eigenvalue weighted by Gasteiger charge is 2.21. The zero-order valence-electron chi connectivity index (χ0n) is 8.35. The Bertz CT molecular complexity index is 284. The zero-order chi connectivity index (χ0) is 9.26. The highest BCUT2D eigenvalue weighted by Crippen LogP contribution is 2.34. The van der Waals surface area contributed by atoms with Gasteiger partial charge in [0.05, 0.1) is 5.69 Å². The van der Waals surface area contributed by atoms with E-state index in [2.05, 4.69) is 22.2 Å². The first kappa shape index (κ1) is 8.60. The molecule has 0 aliphatic heterocycles. The van der Waals surface area contributed by atoms with Gasteiger partial charge in [0.2, 0.25) is 0 Å². The predicted molar refractivity (Wildman–Crippen MR) is 54.1 cm³/mol. The molecule has 2 rings (SSSR count). The number of H-pyrrole nitrogens is 1. The number of hydrogen-bond acceptors (Lipinski definition) is 2. The molecule has 0 amide bonds. The average molecular weight is 179 g/mol. The van der Waals surface area contributed by atoms with Gasteiger partial charge in [0.25, 0.3) is 0 Å². The molecule has 0 atom stereocenters. The molecule has 1 fully saturated rings. The third-order valence-corrected chi connectivity index (χ3v) is 2.90. The van der Waals surface area contributed by atoms with Crippen molar-refractivity contribution in [1.82, 2.24) is 9.97 Å². The standard InChI is InChI=1S/C10H17N3/c1-7-9(8-5-3-4-6-8)13-10(11-2)12-7/h8H,3-6H2,1-2H3,(H2,11,12,13). The summed E-state index contributed by atoms with van der Waals surface area (Å²) in [6.07, 6.45) is 5.36. The Kier molecular flexibility index (Phi) is 2.25. The van der Waals surface area contributed by atoms with Crippen LogP contribution in [-0.2, 0) is 0 Å². The third-order valence-electron chi connectivity index (χ3n) is 2.90. The molecule has 0 saturated heterocycles. The van der Waals surface area contributed by atoms with Crippen LogP contribution in [0.3, 0.4) is 0 Å². The number of imidazole rings is 1. The quantitative estimate of drug-likeness (QED) is 0.732. The molecule has 72 valence electrons. The monoisotopic (exact) mass is 179 g/mol. The van der Waals surface area contributed by atoms with E-state index in [1.807, 2.05) is 7.05 Å². The van der Waals surface area contributed by atoms with Crippen molar-refractivity contribution in [1.29, 1.82) is 0 Å². The maximum Gasteiger partial charge on any atom is 0.200 e. The van der Waals surface area contributed by atoms with E-state index in [-0.39, 0.29) is 0 Å². The van der Waals surface area contributed by atoms with Crippen molar-refractivity contribution in [2.24, 2.45) is 0 Å². The highest BCUT2D eigenvalue weighted by atomic mass is 15.1. The van der Waals surface area contributed by atoms with E-state index in [9.17, 15) is 0 Å². The summed E-state index contributed by atoms with van der Waals surface area (Å²) in [7, 11) is 1.90. The molecule has 1 aromatic rings. The van der Waals surface area contributed by atoms with Gasteiger partial charge < -0.3 is 10.3 Å². The third kappa shape index (κ3) is 1.55. The topological polar surface area (TPSA) is 40.7 Å². The first-order chi connectivity index (χ1) is 6.31. The summed E-state index contributed by atoms with van der Waals surface area (Å²) in [5.74, 6) is 1.61. The molecular formula is C10H17N3.